The van der Waals surface area contributed by atoms with Gasteiger partial charge in [0.2, 0.25) is 5.91 Å². The number of rotatable bonds is 2. The van der Waals surface area contributed by atoms with Gasteiger partial charge in [-0.05, 0) is 32.6 Å². The molecule has 0 aromatic heterocycles. The Bertz CT molecular complexity index is 250. The minimum Gasteiger partial charge on any atom is -0.342 e. The Morgan fingerprint density at radius 3 is 2.50 bits per heavy atom. The van der Waals surface area contributed by atoms with Crippen molar-refractivity contribution in [2.24, 2.45) is 11.1 Å². The second kappa shape index (κ2) is 3.23. The van der Waals surface area contributed by atoms with Crippen molar-refractivity contribution < 1.29 is 4.79 Å². The topological polar surface area (TPSA) is 46.3 Å². The third-order valence-corrected chi connectivity index (χ3v) is 3.93. The molecular weight excluding hydrogens is 176 g/mol. The Hall–Kier alpha value is -0.570. The summed E-state index contributed by atoms with van der Waals surface area (Å²) in [7, 11) is 1.93. The zero-order valence-corrected chi connectivity index (χ0v) is 9.12. The lowest BCUT2D eigenvalue weighted by molar-refractivity contribution is -0.140. The molecule has 0 radical (unpaired) electrons. The first-order valence-corrected chi connectivity index (χ1v) is 5.58. The van der Waals surface area contributed by atoms with Gasteiger partial charge >= 0.3 is 0 Å². The van der Waals surface area contributed by atoms with Gasteiger partial charge in [-0.25, -0.2) is 0 Å². The van der Waals surface area contributed by atoms with Crippen LogP contribution in [0, 0.1) is 5.41 Å². The maximum atomic E-state index is 12.2. The van der Waals surface area contributed by atoms with Crippen LogP contribution >= 0.6 is 0 Å². The zero-order chi connectivity index (χ0) is 10.3. The van der Waals surface area contributed by atoms with Gasteiger partial charge in [-0.3, -0.25) is 4.79 Å². The van der Waals surface area contributed by atoms with Crippen LogP contribution in [0.2, 0.25) is 0 Å². The van der Waals surface area contributed by atoms with E-state index in [1.165, 1.54) is 12.8 Å². The molecule has 0 aromatic carbocycles. The van der Waals surface area contributed by atoms with Crippen molar-refractivity contribution in [3.8, 4) is 0 Å². The Morgan fingerprint density at radius 2 is 2.07 bits per heavy atom. The van der Waals surface area contributed by atoms with E-state index in [4.69, 9.17) is 5.73 Å². The molecule has 14 heavy (non-hydrogen) atoms. The van der Waals surface area contributed by atoms with Crippen LogP contribution < -0.4 is 5.73 Å². The number of nitrogens with zero attached hydrogens (tertiary/aromatic N) is 1. The first kappa shape index (κ1) is 9.97. The minimum absolute atomic E-state index is 0.0659. The highest BCUT2D eigenvalue weighted by atomic mass is 16.2. The molecule has 0 spiro atoms. The summed E-state index contributed by atoms with van der Waals surface area (Å²) >= 11 is 0. The van der Waals surface area contributed by atoms with E-state index in [2.05, 4.69) is 0 Å². The summed E-state index contributed by atoms with van der Waals surface area (Å²) < 4.78 is 0. The fourth-order valence-corrected chi connectivity index (χ4v) is 2.49. The van der Waals surface area contributed by atoms with E-state index in [-0.39, 0.29) is 17.4 Å². The van der Waals surface area contributed by atoms with E-state index in [1.807, 2.05) is 18.9 Å². The summed E-state index contributed by atoms with van der Waals surface area (Å²) in [5.41, 5.74) is 5.74. The third kappa shape index (κ3) is 1.44. The van der Waals surface area contributed by atoms with Crippen LogP contribution in [0.25, 0.3) is 0 Å². The monoisotopic (exact) mass is 196 g/mol. The average Bonchev–Trinajstić information content (AvgIpc) is 2.94. The van der Waals surface area contributed by atoms with Gasteiger partial charge in [-0.1, -0.05) is 6.42 Å². The summed E-state index contributed by atoms with van der Waals surface area (Å²) in [5, 5.41) is 0. The summed E-state index contributed by atoms with van der Waals surface area (Å²) in [4.78, 5) is 14.1. The maximum absolute atomic E-state index is 12.2. The normalized spacial score (nSPS) is 37.2. The van der Waals surface area contributed by atoms with Crippen molar-refractivity contribution in [2.75, 3.05) is 7.05 Å². The molecule has 2 N–H and O–H groups in total. The number of carbonyl (C=O) groups is 1. The fraction of sp³-hybridized carbons (Fsp3) is 0.909. The van der Waals surface area contributed by atoms with Crippen molar-refractivity contribution in [3.05, 3.63) is 0 Å². The summed E-state index contributed by atoms with van der Waals surface area (Å²) in [6.45, 7) is 2.03. The zero-order valence-electron chi connectivity index (χ0n) is 9.12. The molecule has 2 fully saturated rings. The van der Waals surface area contributed by atoms with E-state index in [1.54, 1.807) is 0 Å². The van der Waals surface area contributed by atoms with E-state index in [9.17, 15) is 4.79 Å². The lowest BCUT2D eigenvalue weighted by atomic mass is 9.83. The van der Waals surface area contributed by atoms with E-state index in [0.717, 1.165) is 19.3 Å². The Labute approximate surface area is 85.6 Å². The highest BCUT2D eigenvalue weighted by Crippen LogP contribution is 2.40. The molecule has 2 unspecified atom stereocenters. The van der Waals surface area contributed by atoms with Crippen LogP contribution in [-0.4, -0.2) is 29.9 Å². The minimum atomic E-state index is -0.280. The molecule has 80 valence electrons. The first-order chi connectivity index (χ1) is 6.55. The highest BCUT2D eigenvalue weighted by Gasteiger charge is 2.46. The molecule has 2 rings (SSSR count). The molecule has 3 heteroatoms. The van der Waals surface area contributed by atoms with Crippen molar-refractivity contribution >= 4 is 5.91 Å². The maximum Gasteiger partial charge on any atom is 0.230 e. The van der Waals surface area contributed by atoms with Crippen molar-refractivity contribution in [3.63, 3.8) is 0 Å². The molecule has 0 saturated heterocycles. The van der Waals surface area contributed by atoms with Crippen LogP contribution in [0.3, 0.4) is 0 Å². The lowest BCUT2D eigenvalue weighted by Crippen LogP contribution is -2.48. The third-order valence-electron chi connectivity index (χ3n) is 3.93. The predicted molar refractivity (Wildman–Crippen MR) is 55.7 cm³/mol. The smallest absolute Gasteiger partial charge is 0.230 e. The molecule has 1 amide bonds. The number of nitrogens with two attached hydrogens (primary N) is 1. The fourth-order valence-electron chi connectivity index (χ4n) is 2.49. The largest absolute Gasteiger partial charge is 0.342 e. The van der Waals surface area contributed by atoms with Crippen molar-refractivity contribution in [2.45, 2.75) is 51.1 Å². The van der Waals surface area contributed by atoms with Gasteiger partial charge in [0, 0.05) is 19.1 Å². The molecular formula is C11H20N2O. The van der Waals surface area contributed by atoms with Crippen LogP contribution in [0.4, 0.5) is 0 Å². The number of hydrogen-bond acceptors (Lipinski definition) is 2. The molecule has 0 aromatic rings. The second-order valence-electron chi connectivity index (χ2n) is 5.06. The summed E-state index contributed by atoms with van der Waals surface area (Å²) in [6.07, 6.45) is 5.41. The van der Waals surface area contributed by atoms with Gasteiger partial charge in [-0.2, -0.15) is 0 Å². The van der Waals surface area contributed by atoms with Crippen molar-refractivity contribution in [1.29, 1.82) is 0 Å². The summed E-state index contributed by atoms with van der Waals surface area (Å²) in [5.74, 6) is 0.269. The SMILES string of the molecule is CN(C(=O)C1(C)CCCC1N)C1CC1. The molecule has 2 aliphatic carbocycles. The summed E-state index contributed by atoms with van der Waals surface area (Å²) in [6, 6.07) is 0.573. The highest BCUT2D eigenvalue weighted by molar-refractivity contribution is 5.83. The second-order valence-corrected chi connectivity index (χ2v) is 5.06. The molecule has 0 aliphatic heterocycles. The van der Waals surface area contributed by atoms with Gasteiger partial charge < -0.3 is 10.6 Å². The molecule has 2 atom stereocenters. The van der Waals surface area contributed by atoms with Crippen LogP contribution in [0.5, 0.6) is 0 Å². The number of carbonyl (C=O) groups excluding carboxylic acids is 1. The lowest BCUT2D eigenvalue weighted by Gasteiger charge is -2.32. The quantitative estimate of drug-likeness (QED) is 0.719. The van der Waals surface area contributed by atoms with Gasteiger partial charge in [0.05, 0.1) is 5.41 Å². The van der Waals surface area contributed by atoms with Crippen LogP contribution in [-0.2, 0) is 4.79 Å². The molecule has 2 saturated carbocycles. The number of hydrogen-bond donors (Lipinski definition) is 1. The van der Waals surface area contributed by atoms with Gasteiger partial charge in [0.15, 0.2) is 0 Å². The Kier molecular flexibility index (Phi) is 2.30. The predicted octanol–water partition coefficient (Wildman–Crippen LogP) is 1.12. The molecule has 2 aliphatic rings. The number of amides is 1. The van der Waals surface area contributed by atoms with Crippen LogP contribution in [0.1, 0.15) is 39.0 Å². The van der Waals surface area contributed by atoms with Gasteiger partial charge in [0.25, 0.3) is 0 Å². The van der Waals surface area contributed by atoms with Crippen molar-refractivity contribution in [1.82, 2.24) is 4.90 Å². The van der Waals surface area contributed by atoms with Gasteiger partial charge in [0.1, 0.15) is 0 Å². The first-order valence-electron chi connectivity index (χ1n) is 5.58. The van der Waals surface area contributed by atoms with Gasteiger partial charge in [-0.15, -0.1) is 0 Å². The van der Waals surface area contributed by atoms with Crippen LogP contribution in [0.15, 0.2) is 0 Å². The van der Waals surface area contributed by atoms with E-state index >= 15 is 0 Å². The molecule has 3 nitrogen and oxygen atoms in total. The van der Waals surface area contributed by atoms with E-state index < -0.39 is 0 Å². The molecule has 0 bridgehead atoms. The van der Waals surface area contributed by atoms with E-state index in [0.29, 0.717) is 6.04 Å². The standard InChI is InChI=1S/C11H20N2O/c1-11(7-3-4-9(11)12)10(14)13(2)8-5-6-8/h8-9H,3-7,12H2,1-2H3. The average molecular weight is 196 g/mol. The Balaban J connectivity index is 2.08. The Morgan fingerprint density at radius 1 is 1.43 bits per heavy atom. The molecule has 0 heterocycles.